The van der Waals surface area contributed by atoms with Gasteiger partial charge in [0.25, 0.3) is 0 Å². The highest BCUT2D eigenvalue weighted by molar-refractivity contribution is 5.77. The minimum atomic E-state index is 0.288. The van der Waals surface area contributed by atoms with Crippen LogP contribution in [0, 0.1) is 0 Å². The standard InChI is InChI=1S/C8H16N2O.C2H6/c1-3-8(11)10-5-4-7(10)6-9-2;1-2/h7,9H,3-6H2,1-2H3;1-2H3. The SMILES string of the molecule is CC.CCC(=O)N1CCC1CNC. The molecule has 0 radical (unpaired) electrons. The Morgan fingerprint density at radius 3 is 2.46 bits per heavy atom. The maximum atomic E-state index is 11.2. The Balaban J connectivity index is 0.000000671. The van der Waals surface area contributed by atoms with Crippen molar-refractivity contribution in [1.29, 1.82) is 0 Å². The van der Waals surface area contributed by atoms with Crippen molar-refractivity contribution in [3.8, 4) is 0 Å². The van der Waals surface area contributed by atoms with Gasteiger partial charge in [-0.25, -0.2) is 0 Å². The molecular weight excluding hydrogens is 164 g/mol. The van der Waals surface area contributed by atoms with Crippen LogP contribution in [0.25, 0.3) is 0 Å². The van der Waals surface area contributed by atoms with Crippen LogP contribution in [0.15, 0.2) is 0 Å². The van der Waals surface area contributed by atoms with E-state index in [1.807, 2.05) is 32.7 Å². The third kappa shape index (κ3) is 3.35. The molecule has 1 fully saturated rings. The van der Waals surface area contributed by atoms with E-state index in [9.17, 15) is 4.79 Å². The fourth-order valence-electron chi connectivity index (χ4n) is 1.42. The third-order valence-corrected chi connectivity index (χ3v) is 2.21. The molecule has 0 aromatic rings. The van der Waals surface area contributed by atoms with Crippen molar-refractivity contribution >= 4 is 5.91 Å². The second kappa shape index (κ2) is 6.89. The van der Waals surface area contributed by atoms with E-state index in [2.05, 4.69) is 5.32 Å². The zero-order valence-corrected chi connectivity index (χ0v) is 9.26. The van der Waals surface area contributed by atoms with Crippen LogP contribution in [0.5, 0.6) is 0 Å². The van der Waals surface area contributed by atoms with Crippen LogP contribution < -0.4 is 5.32 Å². The van der Waals surface area contributed by atoms with Crippen LogP contribution in [-0.2, 0) is 4.79 Å². The van der Waals surface area contributed by atoms with Crippen LogP contribution in [0.3, 0.4) is 0 Å². The van der Waals surface area contributed by atoms with E-state index in [1.165, 1.54) is 0 Å². The Hall–Kier alpha value is -0.570. The van der Waals surface area contributed by atoms with Crippen molar-refractivity contribution in [2.45, 2.75) is 39.7 Å². The molecule has 1 atom stereocenters. The molecule has 3 nitrogen and oxygen atoms in total. The van der Waals surface area contributed by atoms with Gasteiger partial charge in [0.2, 0.25) is 5.91 Å². The number of hydrogen-bond donors (Lipinski definition) is 1. The van der Waals surface area contributed by atoms with Gasteiger partial charge >= 0.3 is 0 Å². The van der Waals surface area contributed by atoms with E-state index in [0.717, 1.165) is 19.5 Å². The van der Waals surface area contributed by atoms with Gasteiger partial charge in [-0.2, -0.15) is 0 Å². The van der Waals surface area contributed by atoms with Crippen LogP contribution in [0.1, 0.15) is 33.6 Å². The zero-order chi connectivity index (χ0) is 10.3. The minimum absolute atomic E-state index is 0.288. The molecule has 1 unspecified atom stereocenters. The van der Waals surface area contributed by atoms with Crippen molar-refractivity contribution in [3.05, 3.63) is 0 Å². The van der Waals surface area contributed by atoms with E-state index < -0.39 is 0 Å². The van der Waals surface area contributed by atoms with Gasteiger partial charge < -0.3 is 10.2 Å². The fourth-order valence-corrected chi connectivity index (χ4v) is 1.42. The second-order valence-corrected chi connectivity index (χ2v) is 2.94. The first-order chi connectivity index (χ1) is 6.29. The first-order valence-electron chi connectivity index (χ1n) is 5.23. The van der Waals surface area contributed by atoms with Gasteiger partial charge in [0.05, 0.1) is 0 Å². The summed E-state index contributed by atoms with van der Waals surface area (Å²) in [6, 6.07) is 0.465. The lowest BCUT2D eigenvalue weighted by Crippen LogP contribution is -2.54. The number of rotatable bonds is 3. The van der Waals surface area contributed by atoms with E-state index in [1.54, 1.807) is 0 Å². The van der Waals surface area contributed by atoms with Gasteiger partial charge in [0.15, 0.2) is 0 Å². The van der Waals surface area contributed by atoms with Crippen LogP contribution >= 0.6 is 0 Å². The second-order valence-electron chi connectivity index (χ2n) is 2.94. The molecule has 0 aromatic carbocycles. The Kier molecular flexibility index (Phi) is 6.59. The van der Waals surface area contributed by atoms with Crippen LogP contribution in [-0.4, -0.2) is 37.0 Å². The maximum Gasteiger partial charge on any atom is 0.222 e. The molecule has 78 valence electrons. The predicted molar refractivity (Wildman–Crippen MR) is 55.7 cm³/mol. The highest BCUT2D eigenvalue weighted by Gasteiger charge is 2.29. The summed E-state index contributed by atoms with van der Waals surface area (Å²) in [5.41, 5.74) is 0. The zero-order valence-electron chi connectivity index (χ0n) is 9.26. The topological polar surface area (TPSA) is 32.3 Å². The molecule has 0 aliphatic carbocycles. The molecule has 0 aromatic heterocycles. The number of likely N-dealkylation sites (N-methyl/N-ethyl adjacent to an activating group) is 1. The molecule has 1 saturated heterocycles. The Bertz CT molecular complexity index is 148. The molecule has 13 heavy (non-hydrogen) atoms. The summed E-state index contributed by atoms with van der Waals surface area (Å²) in [4.78, 5) is 13.1. The monoisotopic (exact) mass is 186 g/mol. The van der Waals surface area contributed by atoms with Gasteiger partial charge in [-0.15, -0.1) is 0 Å². The number of carbonyl (C=O) groups is 1. The minimum Gasteiger partial charge on any atom is -0.338 e. The van der Waals surface area contributed by atoms with Crippen molar-refractivity contribution in [1.82, 2.24) is 10.2 Å². The van der Waals surface area contributed by atoms with Gasteiger partial charge in [0, 0.05) is 25.6 Å². The number of nitrogens with zero attached hydrogens (tertiary/aromatic N) is 1. The summed E-state index contributed by atoms with van der Waals surface area (Å²) in [6.07, 6.45) is 1.80. The Morgan fingerprint density at radius 1 is 1.54 bits per heavy atom. The quantitative estimate of drug-likeness (QED) is 0.719. The lowest BCUT2D eigenvalue weighted by atomic mass is 10.0. The summed E-state index contributed by atoms with van der Waals surface area (Å²) >= 11 is 0. The predicted octanol–water partition coefficient (Wildman–Crippen LogP) is 1.24. The first-order valence-corrected chi connectivity index (χ1v) is 5.23. The van der Waals surface area contributed by atoms with Gasteiger partial charge in [0.1, 0.15) is 0 Å². The molecular formula is C10H22N2O. The lowest BCUT2D eigenvalue weighted by Gasteiger charge is -2.40. The molecule has 1 N–H and O–H groups in total. The molecule has 0 bridgehead atoms. The molecule has 1 rings (SSSR count). The number of likely N-dealkylation sites (tertiary alicyclic amines) is 1. The molecule has 0 spiro atoms. The summed E-state index contributed by atoms with van der Waals surface area (Å²) in [7, 11) is 1.92. The number of carbonyl (C=O) groups excluding carboxylic acids is 1. The maximum absolute atomic E-state index is 11.2. The first kappa shape index (κ1) is 12.4. The van der Waals surface area contributed by atoms with E-state index in [-0.39, 0.29) is 5.91 Å². The molecule has 3 heteroatoms. The highest BCUT2D eigenvalue weighted by atomic mass is 16.2. The van der Waals surface area contributed by atoms with Gasteiger partial charge in [-0.1, -0.05) is 20.8 Å². The van der Waals surface area contributed by atoms with Gasteiger partial charge in [-0.05, 0) is 13.5 Å². The molecule has 1 aliphatic rings. The smallest absolute Gasteiger partial charge is 0.222 e. The summed E-state index contributed by atoms with van der Waals surface area (Å²) in [5.74, 6) is 0.288. The van der Waals surface area contributed by atoms with E-state index >= 15 is 0 Å². The van der Waals surface area contributed by atoms with Gasteiger partial charge in [-0.3, -0.25) is 4.79 Å². The van der Waals surface area contributed by atoms with Crippen molar-refractivity contribution in [3.63, 3.8) is 0 Å². The van der Waals surface area contributed by atoms with Crippen molar-refractivity contribution < 1.29 is 4.79 Å². The van der Waals surface area contributed by atoms with Crippen molar-refractivity contribution in [2.24, 2.45) is 0 Å². The highest BCUT2D eigenvalue weighted by Crippen LogP contribution is 2.17. The van der Waals surface area contributed by atoms with E-state index in [0.29, 0.717) is 12.5 Å². The average molecular weight is 186 g/mol. The molecule has 1 aliphatic heterocycles. The Morgan fingerprint density at radius 2 is 2.15 bits per heavy atom. The summed E-state index contributed by atoms with van der Waals surface area (Å²) in [5, 5.41) is 3.08. The summed E-state index contributed by atoms with van der Waals surface area (Å²) in [6.45, 7) is 7.81. The largest absolute Gasteiger partial charge is 0.338 e. The molecule has 1 amide bonds. The van der Waals surface area contributed by atoms with Crippen molar-refractivity contribution in [2.75, 3.05) is 20.1 Å². The number of amides is 1. The lowest BCUT2D eigenvalue weighted by molar-refractivity contribution is -0.138. The Labute approximate surface area is 81.5 Å². The summed E-state index contributed by atoms with van der Waals surface area (Å²) < 4.78 is 0. The normalized spacial score (nSPS) is 20.0. The van der Waals surface area contributed by atoms with E-state index in [4.69, 9.17) is 0 Å². The number of hydrogen-bond acceptors (Lipinski definition) is 2. The number of nitrogens with one attached hydrogen (secondary N) is 1. The molecule has 1 heterocycles. The van der Waals surface area contributed by atoms with Crippen LogP contribution in [0.2, 0.25) is 0 Å². The molecule has 0 saturated carbocycles. The average Bonchev–Trinajstić information content (AvgIpc) is 2.15. The van der Waals surface area contributed by atoms with Crippen LogP contribution in [0.4, 0.5) is 0 Å². The third-order valence-electron chi connectivity index (χ3n) is 2.21. The fraction of sp³-hybridized carbons (Fsp3) is 0.900.